The van der Waals surface area contributed by atoms with E-state index in [-0.39, 0.29) is 11.4 Å². The molecule has 0 amide bonds. The standard InChI is InChI=1S/C20H15N3O4/c1-2-13-10-19(24)27-18-11-15(8-9-16(13)18)26-20(25)17-12-21-23(22-17)14-6-4-3-5-7-14/h3-12H,2H2,1H3. The van der Waals surface area contributed by atoms with Crippen LogP contribution < -0.4 is 10.4 Å². The summed E-state index contributed by atoms with van der Waals surface area (Å²) in [7, 11) is 0. The molecule has 4 aromatic rings. The minimum absolute atomic E-state index is 0.0720. The highest BCUT2D eigenvalue weighted by atomic mass is 16.5. The first-order chi connectivity index (χ1) is 13.1. The van der Waals surface area contributed by atoms with Crippen LogP contribution in [-0.4, -0.2) is 21.0 Å². The van der Waals surface area contributed by atoms with Gasteiger partial charge in [-0.2, -0.15) is 9.90 Å². The van der Waals surface area contributed by atoms with Crippen molar-refractivity contribution < 1.29 is 13.9 Å². The van der Waals surface area contributed by atoms with Gasteiger partial charge in [-0.05, 0) is 36.2 Å². The summed E-state index contributed by atoms with van der Waals surface area (Å²) < 4.78 is 10.6. The molecule has 0 saturated carbocycles. The van der Waals surface area contributed by atoms with Crippen LogP contribution in [0, 0.1) is 0 Å². The van der Waals surface area contributed by atoms with Crippen LogP contribution in [0.5, 0.6) is 5.75 Å². The number of nitrogens with zero attached hydrogens (tertiary/aromatic N) is 3. The van der Waals surface area contributed by atoms with E-state index in [1.807, 2.05) is 37.3 Å². The minimum Gasteiger partial charge on any atom is -0.423 e. The molecule has 0 N–H and O–H groups in total. The maximum Gasteiger partial charge on any atom is 0.365 e. The van der Waals surface area contributed by atoms with Gasteiger partial charge in [0.25, 0.3) is 0 Å². The third-order valence-electron chi connectivity index (χ3n) is 4.08. The summed E-state index contributed by atoms with van der Waals surface area (Å²) in [5, 5.41) is 9.03. The number of para-hydroxylation sites is 1. The molecule has 4 rings (SSSR count). The molecular formula is C20H15N3O4. The van der Waals surface area contributed by atoms with E-state index in [4.69, 9.17) is 9.15 Å². The van der Waals surface area contributed by atoms with Gasteiger partial charge in [-0.25, -0.2) is 9.59 Å². The van der Waals surface area contributed by atoms with E-state index in [1.54, 1.807) is 12.1 Å². The van der Waals surface area contributed by atoms with Crippen molar-refractivity contribution >= 4 is 16.9 Å². The average Bonchev–Trinajstić information content (AvgIpc) is 3.18. The molecule has 0 aliphatic heterocycles. The number of ether oxygens (including phenoxy) is 1. The molecule has 0 unspecified atom stereocenters. The van der Waals surface area contributed by atoms with Gasteiger partial charge in [0.2, 0.25) is 0 Å². The van der Waals surface area contributed by atoms with Crippen LogP contribution in [0.2, 0.25) is 0 Å². The Balaban J connectivity index is 1.60. The first-order valence-corrected chi connectivity index (χ1v) is 8.41. The number of aromatic nitrogens is 3. The first kappa shape index (κ1) is 16.7. The zero-order valence-corrected chi connectivity index (χ0v) is 14.5. The number of benzene rings is 2. The molecule has 2 aromatic heterocycles. The molecule has 0 atom stereocenters. The lowest BCUT2D eigenvalue weighted by Crippen LogP contribution is -2.10. The lowest BCUT2D eigenvalue weighted by atomic mass is 10.1. The number of aryl methyl sites for hydroxylation is 1. The number of rotatable bonds is 4. The predicted molar refractivity (Wildman–Crippen MR) is 98.2 cm³/mol. The van der Waals surface area contributed by atoms with Crippen LogP contribution in [0.15, 0.2) is 70.0 Å². The maximum atomic E-state index is 12.4. The molecule has 0 aliphatic rings. The molecule has 0 spiro atoms. The van der Waals surface area contributed by atoms with E-state index in [0.717, 1.165) is 16.6 Å². The predicted octanol–water partition coefficient (Wildman–Crippen LogP) is 3.16. The second kappa shape index (κ2) is 6.87. The Morgan fingerprint density at radius 3 is 2.74 bits per heavy atom. The number of hydrogen-bond acceptors (Lipinski definition) is 6. The lowest BCUT2D eigenvalue weighted by Gasteiger charge is -2.06. The van der Waals surface area contributed by atoms with E-state index in [1.165, 1.54) is 23.1 Å². The summed E-state index contributed by atoms with van der Waals surface area (Å²) >= 11 is 0. The molecule has 0 aliphatic carbocycles. The van der Waals surface area contributed by atoms with Crippen LogP contribution in [-0.2, 0) is 6.42 Å². The molecule has 2 aromatic carbocycles. The largest absolute Gasteiger partial charge is 0.423 e. The van der Waals surface area contributed by atoms with Gasteiger partial charge in [-0.3, -0.25) is 0 Å². The number of esters is 1. The topological polar surface area (TPSA) is 87.2 Å². The van der Waals surface area contributed by atoms with Gasteiger partial charge in [0, 0.05) is 17.5 Å². The summed E-state index contributed by atoms with van der Waals surface area (Å²) in [5.41, 5.74) is 1.62. The van der Waals surface area contributed by atoms with Crippen molar-refractivity contribution in [2.24, 2.45) is 0 Å². The summed E-state index contributed by atoms with van der Waals surface area (Å²) in [6.45, 7) is 1.96. The third-order valence-corrected chi connectivity index (χ3v) is 4.08. The molecule has 7 heteroatoms. The Morgan fingerprint density at radius 2 is 1.96 bits per heavy atom. The zero-order valence-electron chi connectivity index (χ0n) is 14.5. The molecule has 0 bridgehead atoms. The lowest BCUT2D eigenvalue weighted by molar-refractivity contribution is 0.0728. The van der Waals surface area contributed by atoms with Crippen LogP contribution in [0.1, 0.15) is 23.0 Å². The molecule has 134 valence electrons. The SMILES string of the molecule is CCc1cc(=O)oc2cc(OC(=O)c3cnn(-c4ccccc4)n3)ccc12. The highest BCUT2D eigenvalue weighted by Gasteiger charge is 2.15. The summed E-state index contributed by atoms with van der Waals surface area (Å²) in [4.78, 5) is 25.4. The van der Waals surface area contributed by atoms with Gasteiger partial charge >= 0.3 is 11.6 Å². The Hall–Kier alpha value is -3.74. The second-order valence-corrected chi connectivity index (χ2v) is 5.85. The Bertz CT molecular complexity index is 1180. The van der Waals surface area contributed by atoms with Crippen molar-refractivity contribution in [1.82, 2.24) is 15.0 Å². The van der Waals surface area contributed by atoms with Gasteiger partial charge in [0.1, 0.15) is 11.3 Å². The first-order valence-electron chi connectivity index (χ1n) is 8.41. The Morgan fingerprint density at radius 1 is 1.15 bits per heavy atom. The number of carbonyl (C=O) groups excluding carboxylic acids is 1. The van der Waals surface area contributed by atoms with Crippen LogP contribution in [0.25, 0.3) is 16.7 Å². The second-order valence-electron chi connectivity index (χ2n) is 5.85. The minimum atomic E-state index is -0.648. The summed E-state index contributed by atoms with van der Waals surface area (Å²) in [5.74, 6) is -0.385. The van der Waals surface area contributed by atoms with Crippen LogP contribution in [0.3, 0.4) is 0 Å². The van der Waals surface area contributed by atoms with Gasteiger partial charge in [0.15, 0.2) is 5.69 Å². The summed E-state index contributed by atoms with van der Waals surface area (Å²) in [6, 6.07) is 15.6. The maximum absolute atomic E-state index is 12.4. The summed E-state index contributed by atoms with van der Waals surface area (Å²) in [6.07, 6.45) is 2.04. The Labute approximate surface area is 153 Å². The van der Waals surface area contributed by atoms with E-state index < -0.39 is 11.6 Å². The van der Waals surface area contributed by atoms with E-state index in [0.29, 0.717) is 12.0 Å². The smallest absolute Gasteiger partial charge is 0.365 e. The Kier molecular flexibility index (Phi) is 4.25. The molecule has 0 radical (unpaired) electrons. The van der Waals surface area contributed by atoms with Crippen molar-refractivity contribution in [2.75, 3.05) is 0 Å². The van der Waals surface area contributed by atoms with Crippen molar-refractivity contribution in [3.8, 4) is 11.4 Å². The number of carbonyl (C=O) groups is 1. The van der Waals surface area contributed by atoms with Crippen molar-refractivity contribution in [2.45, 2.75) is 13.3 Å². The van der Waals surface area contributed by atoms with Gasteiger partial charge < -0.3 is 9.15 Å². The molecular weight excluding hydrogens is 346 g/mol. The average molecular weight is 361 g/mol. The molecule has 7 nitrogen and oxygen atoms in total. The van der Waals surface area contributed by atoms with E-state index in [2.05, 4.69) is 10.2 Å². The van der Waals surface area contributed by atoms with Gasteiger partial charge in [-0.15, -0.1) is 5.10 Å². The molecule has 0 saturated heterocycles. The van der Waals surface area contributed by atoms with Gasteiger partial charge in [0.05, 0.1) is 11.9 Å². The van der Waals surface area contributed by atoms with E-state index >= 15 is 0 Å². The molecule has 2 heterocycles. The monoisotopic (exact) mass is 361 g/mol. The number of fused-ring (bicyclic) bond motifs is 1. The highest BCUT2D eigenvalue weighted by Crippen LogP contribution is 2.23. The molecule has 0 fully saturated rings. The quantitative estimate of drug-likeness (QED) is 0.315. The number of hydrogen-bond donors (Lipinski definition) is 0. The third kappa shape index (κ3) is 3.35. The fourth-order valence-corrected chi connectivity index (χ4v) is 2.77. The van der Waals surface area contributed by atoms with Crippen molar-refractivity contribution in [3.63, 3.8) is 0 Å². The van der Waals surface area contributed by atoms with Gasteiger partial charge in [-0.1, -0.05) is 25.1 Å². The van der Waals surface area contributed by atoms with Crippen molar-refractivity contribution in [1.29, 1.82) is 0 Å². The highest BCUT2D eigenvalue weighted by molar-refractivity contribution is 5.89. The fourth-order valence-electron chi connectivity index (χ4n) is 2.77. The molecule has 27 heavy (non-hydrogen) atoms. The van der Waals surface area contributed by atoms with Crippen LogP contribution >= 0.6 is 0 Å². The van der Waals surface area contributed by atoms with E-state index in [9.17, 15) is 9.59 Å². The van der Waals surface area contributed by atoms with Crippen LogP contribution in [0.4, 0.5) is 0 Å². The zero-order chi connectivity index (χ0) is 18.8. The normalized spacial score (nSPS) is 10.9. The van der Waals surface area contributed by atoms with Crippen molar-refractivity contribution in [3.05, 3.63) is 82.5 Å². The fraction of sp³-hybridized carbons (Fsp3) is 0.100.